The van der Waals surface area contributed by atoms with Gasteiger partial charge in [-0.2, -0.15) is 0 Å². The molecule has 70 heavy (non-hydrogen) atoms. The molecule has 0 saturated heterocycles. The molecule has 0 spiro atoms. The first-order chi connectivity index (χ1) is 34.7. The molecule has 0 bridgehead atoms. The first kappa shape index (κ1) is 39.6. The zero-order valence-corrected chi connectivity index (χ0v) is 37.6. The van der Waals surface area contributed by atoms with Crippen molar-refractivity contribution in [2.24, 2.45) is 4.99 Å². The molecule has 0 radical (unpaired) electrons. The Bertz CT molecular complexity index is 4230. The first-order valence-electron chi connectivity index (χ1n) is 23.5. The van der Waals surface area contributed by atoms with Crippen LogP contribution in [0.4, 0.5) is 5.69 Å². The van der Waals surface area contributed by atoms with E-state index in [2.05, 4.69) is 224 Å². The van der Waals surface area contributed by atoms with Crippen LogP contribution in [0.15, 0.2) is 229 Å². The quantitative estimate of drug-likeness (QED) is 0.159. The summed E-state index contributed by atoms with van der Waals surface area (Å²) in [7, 11) is 0. The van der Waals surface area contributed by atoms with Gasteiger partial charge in [-0.25, -0.2) is 15.0 Å². The summed E-state index contributed by atoms with van der Waals surface area (Å²) in [5, 5.41) is 19.1. The number of aromatic nitrogens is 5. The largest absolute Gasteiger partial charge is 0.248 e. The molecule has 14 rings (SSSR count). The average Bonchev–Trinajstić information content (AvgIpc) is 4.02. The molecule has 9 aromatic carbocycles. The normalized spacial score (nSPS) is 11.9. The van der Waals surface area contributed by atoms with Crippen LogP contribution < -0.4 is 10.6 Å². The maximum atomic E-state index is 5.58. The highest BCUT2D eigenvalue weighted by atomic mass is 15.3. The van der Waals surface area contributed by atoms with Crippen LogP contribution in [0.3, 0.4) is 0 Å². The summed E-state index contributed by atoms with van der Waals surface area (Å²) in [5.41, 5.74) is 20.9. The van der Waals surface area contributed by atoms with Crippen LogP contribution in [0.5, 0.6) is 0 Å². The zero-order valence-electron chi connectivity index (χ0n) is 37.6. The van der Waals surface area contributed by atoms with Crippen LogP contribution >= 0.6 is 0 Å². The summed E-state index contributed by atoms with van der Waals surface area (Å²) in [6.45, 7) is 0. The van der Waals surface area contributed by atoms with Gasteiger partial charge in [-0.15, -0.1) is 10.2 Å². The number of hydrogen-bond donors (Lipinski definition) is 0. The lowest BCUT2D eigenvalue weighted by molar-refractivity contribution is 0.879. The fourth-order valence-electron chi connectivity index (χ4n) is 10.8. The fraction of sp³-hybridized carbons (Fsp3) is 0. The maximum absolute atomic E-state index is 5.58. The van der Waals surface area contributed by atoms with Crippen molar-refractivity contribution in [1.82, 2.24) is 25.4 Å². The molecular formula is C64H38N6. The van der Waals surface area contributed by atoms with E-state index in [1.54, 1.807) is 0 Å². The Kier molecular flexibility index (Phi) is 9.10. The predicted molar refractivity (Wildman–Crippen MR) is 283 cm³/mol. The van der Waals surface area contributed by atoms with E-state index in [-0.39, 0.29) is 0 Å². The summed E-state index contributed by atoms with van der Waals surface area (Å²) >= 11 is 0. The van der Waals surface area contributed by atoms with Crippen LogP contribution in [0.25, 0.3) is 129 Å². The molecule has 0 N–H and O–H groups in total. The molecule has 3 aromatic heterocycles. The van der Waals surface area contributed by atoms with Crippen molar-refractivity contribution in [3.8, 4) is 101 Å². The molecule has 1 aliphatic carbocycles. The number of hydrogen-bond acceptors (Lipinski definition) is 6. The molecule has 1 aliphatic heterocycles. The molecule has 12 aromatic rings. The van der Waals surface area contributed by atoms with E-state index in [0.29, 0.717) is 5.69 Å². The van der Waals surface area contributed by atoms with Gasteiger partial charge in [-0.3, -0.25) is 0 Å². The van der Waals surface area contributed by atoms with E-state index in [9.17, 15) is 0 Å². The van der Waals surface area contributed by atoms with Crippen LogP contribution in [0.1, 0.15) is 5.56 Å². The topological polar surface area (TPSA) is 76.8 Å². The lowest BCUT2D eigenvalue weighted by atomic mass is 9.78. The summed E-state index contributed by atoms with van der Waals surface area (Å²) in [5.74, 6) is 0. The first-order valence-corrected chi connectivity index (χ1v) is 23.5. The van der Waals surface area contributed by atoms with Gasteiger partial charge in [0.1, 0.15) is 11.4 Å². The molecular weight excluding hydrogens is 853 g/mol. The molecule has 0 atom stereocenters. The second-order valence-electron chi connectivity index (χ2n) is 17.8. The number of rotatable bonds is 7. The van der Waals surface area contributed by atoms with Crippen LogP contribution in [-0.2, 0) is 0 Å². The second kappa shape index (κ2) is 16.1. The highest BCUT2D eigenvalue weighted by molar-refractivity contribution is 6.15. The Morgan fingerprint density at radius 2 is 0.829 bits per heavy atom. The minimum Gasteiger partial charge on any atom is -0.248 e. The lowest BCUT2D eigenvalue weighted by Crippen LogP contribution is -2.25. The number of pyridine rings is 2. The fourth-order valence-corrected chi connectivity index (χ4v) is 10.8. The van der Waals surface area contributed by atoms with E-state index < -0.39 is 0 Å². The summed E-state index contributed by atoms with van der Waals surface area (Å²) < 4.78 is 0. The predicted octanol–water partition coefficient (Wildman–Crippen LogP) is 14.4. The lowest BCUT2D eigenvalue weighted by Gasteiger charge is -2.26. The monoisotopic (exact) mass is 890 g/mol. The summed E-state index contributed by atoms with van der Waals surface area (Å²) in [4.78, 5) is 16.5. The molecule has 0 fully saturated rings. The van der Waals surface area contributed by atoms with Crippen molar-refractivity contribution < 1.29 is 0 Å². The molecule has 2 aliphatic rings. The Balaban J connectivity index is 1.22. The molecule has 0 amide bonds. The number of nitrogens with zero attached hydrogens (tertiary/aromatic N) is 6. The highest BCUT2D eigenvalue weighted by Gasteiger charge is 2.35. The third-order valence-electron chi connectivity index (χ3n) is 13.8. The molecule has 0 saturated carbocycles. The minimum atomic E-state index is 0.702. The van der Waals surface area contributed by atoms with Crippen LogP contribution in [0, 0.1) is 0 Å². The van der Waals surface area contributed by atoms with Gasteiger partial charge in [0.2, 0.25) is 0 Å². The third kappa shape index (κ3) is 6.27. The number of benzene rings is 9. The van der Waals surface area contributed by atoms with Crippen LogP contribution in [0.2, 0.25) is 0 Å². The van der Waals surface area contributed by atoms with Gasteiger partial charge in [-0.05, 0) is 75.0 Å². The standard InChI is InChI=1S/C64H38N6/c1-4-18-39(19-5-1)44-26-12-13-28-46(44)59-62(43-24-8-3-9-25-43)68-70-69-64(59)58-50-38-49-47(34-35-48-45-27-14-17-31-53(45)67-63(48)49)57(50)61(55-37-33-41-21-11-16-30-52(41)66-55)60(56(58)42-22-6-2-7-23-42)54-36-32-40-20-10-15-29-51(40)65-54/h1-38H. The third-order valence-corrected chi connectivity index (χ3v) is 13.8. The van der Waals surface area contributed by atoms with E-state index in [4.69, 9.17) is 30.4 Å². The maximum Gasteiger partial charge on any atom is 0.106 e. The molecule has 324 valence electrons. The van der Waals surface area contributed by atoms with E-state index in [1.165, 1.54) is 0 Å². The van der Waals surface area contributed by atoms with E-state index >= 15 is 0 Å². The van der Waals surface area contributed by atoms with Gasteiger partial charge in [0.15, 0.2) is 0 Å². The summed E-state index contributed by atoms with van der Waals surface area (Å²) in [6, 6.07) is 78.5. The molecule has 4 heterocycles. The van der Waals surface area contributed by atoms with Crippen molar-refractivity contribution >= 4 is 33.6 Å². The van der Waals surface area contributed by atoms with Crippen molar-refractivity contribution in [2.75, 3.05) is 0 Å². The van der Waals surface area contributed by atoms with E-state index in [0.717, 1.165) is 139 Å². The van der Waals surface area contributed by atoms with Gasteiger partial charge in [0.05, 0.1) is 33.5 Å². The average molecular weight is 891 g/mol. The van der Waals surface area contributed by atoms with Gasteiger partial charge >= 0.3 is 0 Å². The van der Waals surface area contributed by atoms with E-state index in [1.807, 2.05) is 6.07 Å². The van der Waals surface area contributed by atoms with Crippen molar-refractivity contribution in [3.05, 3.63) is 241 Å². The van der Waals surface area contributed by atoms with Gasteiger partial charge in [0.25, 0.3) is 0 Å². The molecule has 6 heteroatoms. The number of para-hydroxylation sites is 3. The SMILES string of the molecule is C1=c2c(ccc3c2=Nc2ccccc2-3)-c2c1c(-c1nnnc(-c3ccccc3)c1-c1ccccc1-c1ccccc1)c(-c1ccccc1)c(-c1ccc3ccccc3n1)c2-c1ccc2ccccc2n1. The number of fused-ring (bicyclic) bond motifs is 9. The molecule has 0 unspecified atom stereocenters. The van der Waals surface area contributed by atoms with Gasteiger partial charge in [0, 0.05) is 66.1 Å². The Labute approximate surface area is 403 Å². The Hall–Kier alpha value is -9.52. The Morgan fingerprint density at radius 1 is 0.300 bits per heavy atom. The smallest absolute Gasteiger partial charge is 0.106 e. The Morgan fingerprint density at radius 3 is 1.51 bits per heavy atom. The van der Waals surface area contributed by atoms with Crippen molar-refractivity contribution in [1.29, 1.82) is 0 Å². The van der Waals surface area contributed by atoms with Crippen molar-refractivity contribution in [3.63, 3.8) is 0 Å². The minimum absolute atomic E-state index is 0.702. The second-order valence-corrected chi connectivity index (χ2v) is 17.8. The zero-order chi connectivity index (χ0) is 46.1. The van der Waals surface area contributed by atoms with Gasteiger partial charge < -0.3 is 0 Å². The van der Waals surface area contributed by atoms with Crippen LogP contribution in [-0.4, -0.2) is 25.4 Å². The molecule has 6 nitrogen and oxygen atoms in total. The van der Waals surface area contributed by atoms with Crippen molar-refractivity contribution in [2.45, 2.75) is 0 Å². The summed E-state index contributed by atoms with van der Waals surface area (Å²) in [6.07, 6.45) is 2.35. The highest BCUT2D eigenvalue weighted by Crippen LogP contribution is 2.55. The van der Waals surface area contributed by atoms with Gasteiger partial charge in [-0.1, -0.05) is 194 Å².